The van der Waals surface area contributed by atoms with Gasteiger partial charge in [-0.3, -0.25) is 9.36 Å². The van der Waals surface area contributed by atoms with Crippen LogP contribution in [0, 0.1) is 11.3 Å². The topological polar surface area (TPSA) is 74.8 Å². The summed E-state index contributed by atoms with van der Waals surface area (Å²) in [6.45, 7) is 0. The number of hydrogen-bond acceptors (Lipinski definition) is 4. The van der Waals surface area contributed by atoms with Gasteiger partial charge in [-0.2, -0.15) is 5.26 Å². The minimum Gasteiger partial charge on any atom is -0.343 e. The minimum atomic E-state index is -0.206. The molecule has 0 N–H and O–H groups in total. The van der Waals surface area contributed by atoms with Crippen molar-refractivity contribution in [1.29, 1.82) is 5.26 Å². The maximum atomic E-state index is 11.6. The highest BCUT2D eigenvalue weighted by Crippen LogP contribution is 2.09. The molecule has 0 unspecified atom stereocenters. The second-order valence-corrected chi connectivity index (χ2v) is 3.85. The molecule has 0 aliphatic rings. The molecule has 2 aromatic heterocycles. The first-order valence-corrected chi connectivity index (χ1v) is 5.26. The molecule has 0 fully saturated rings. The molecular weight excluding hydrogens is 230 g/mol. The Labute approximate surface area is 104 Å². The van der Waals surface area contributed by atoms with Crippen LogP contribution in [0.2, 0.25) is 0 Å². The van der Waals surface area contributed by atoms with Gasteiger partial charge in [-0.05, 0) is 24.3 Å². The van der Waals surface area contributed by atoms with E-state index in [4.69, 9.17) is 5.26 Å². The van der Waals surface area contributed by atoms with Crippen LogP contribution in [-0.4, -0.2) is 39.7 Å². The molecule has 2 rings (SSSR count). The van der Waals surface area contributed by atoms with Crippen molar-refractivity contribution in [1.82, 2.24) is 19.7 Å². The first-order chi connectivity index (χ1) is 8.63. The predicted molar refractivity (Wildman–Crippen MR) is 64.1 cm³/mol. The van der Waals surface area contributed by atoms with E-state index in [1.807, 2.05) is 6.07 Å². The third-order valence-corrected chi connectivity index (χ3v) is 2.39. The third kappa shape index (κ3) is 2.06. The Hall–Kier alpha value is -2.68. The molecule has 6 heteroatoms. The number of carbonyl (C=O) groups is 1. The van der Waals surface area contributed by atoms with Gasteiger partial charge in [-0.15, -0.1) is 10.2 Å². The van der Waals surface area contributed by atoms with Crippen molar-refractivity contribution >= 4 is 5.91 Å². The van der Waals surface area contributed by atoms with Gasteiger partial charge in [-0.1, -0.05) is 0 Å². The Bertz CT molecular complexity index is 606. The Kier molecular flexibility index (Phi) is 3.06. The van der Waals surface area contributed by atoms with Crippen molar-refractivity contribution in [3.05, 3.63) is 41.9 Å². The van der Waals surface area contributed by atoms with Crippen LogP contribution in [0.4, 0.5) is 0 Å². The van der Waals surface area contributed by atoms with Crippen molar-refractivity contribution in [3.8, 4) is 11.9 Å². The van der Waals surface area contributed by atoms with E-state index in [0.29, 0.717) is 11.5 Å². The van der Waals surface area contributed by atoms with Crippen molar-refractivity contribution < 1.29 is 4.79 Å². The third-order valence-electron chi connectivity index (χ3n) is 2.39. The molecule has 90 valence electrons. The van der Waals surface area contributed by atoms with Crippen LogP contribution < -0.4 is 0 Å². The lowest BCUT2D eigenvalue weighted by atomic mass is 10.3. The number of nitrogens with zero attached hydrogens (tertiary/aromatic N) is 5. The fourth-order valence-corrected chi connectivity index (χ4v) is 1.47. The van der Waals surface area contributed by atoms with E-state index in [1.54, 1.807) is 49.1 Å². The molecule has 2 aromatic rings. The summed E-state index contributed by atoms with van der Waals surface area (Å²) in [6.07, 6.45) is 1.72. The van der Waals surface area contributed by atoms with E-state index in [9.17, 15) is 4.79 Å². The summed E-state index contributed by atoms with van der Waals surface area (Å²) < 4.78 is 1.61. The summed E-state index contributed by atoms with van der Waals surface area (Å²) in [5, 5.41) is 16.7. The number of hydrogen-bond donors (Lipinski definition) is 0. The number of amides is 1. The van der Waals surface area contributed by atoms with Crippen molar-refractivity contribution in [2.24, 2.45) is 0 Å². The molecule has 0 bridgehead atoms. The summed E-state index contributed by atoms with van der Waals surface area (Å²) in [7, 11) is 3.30. The second-order valence-electron chi connectivity index (χ2n) is 3.85. The van der Waals surface area contributed by atoms with Gasteiger partial charge < -0.3 is 4.90 Å². The maximum absolute atomic E-state index is 11.6. The van der Waals surface area contributed by atoms with Gasteiger partial charge in [0.25, 0.3) is 5.91 Å². The highest BCUT2D eigenvalue weighted by molar-refractivity contribution is 5.91. The van der Waals surface area contributed by atoms with Gasteiger partial charge in [0.1, 0.15) is 11.8 Å². The molecule has 0 spiro atoms. The molecule has 0 saturated heterocycles. The van der Waals surface area contributed by atoms with Gasteiger partial charge >= 0.3 is 0 Å². The molecule has 18 heavy (non-hydrogen) atoms. The lowest BCUT2D eigenvalue weighted by Crippen LogP contribution is -2.23. The summed E-state index contributed by atoms with van der Waals surface area (Å²) in [5.41, 5.74) is 0.741. The van der Waals surface area contributed by atoms with E-state index in [-0.39, 0.29) is 11.6 Å². The fraction of sp³-hybridized carbons (Fsp3) is 0.167. The van der Waals surface area contributed by atoms with Gasteiger partial charge in [0.15, 0.2) is 11.5 Å². The smallest absolute Gasteiger partial charge is 0.273 e. The van der Waals surface area contributed by atoms with Gasteiger partial charge in [0, 0.05) is 20.3 Å². The molecule has 6 nitrogen and oxygen atoms in total. The van der Waals surface area contributed by atoms with E-state index < -0.39 is 0 Å². The number of carbonyl (C=O) groups excluding carboxylic acids is 1. The lowest BCUT2D eigenvalue weighted by molar-refractivity contribution is 0.0821. The summed E-state index contributed by atoms with van der Waals surface area (Å²) in [6, 6.07) is 8.73. The molecule has 0 atom stereocenters. The predicted octanol–water partition coefficient (Wildman–Crippen LogP) is 0.841. The molecule has 0 aliphatic heterocycles. The quantitative estimate of drug-likeness (QED) is 0.780. The van der Waals surface area contributed by atoms with E-state index in [2.05, 4.69) is 10.2 Å². The zero-order chi connectivity index (χ0) is 13.1. The summed E-state index contributed by atoms with van der Waals surface area (Å²) >= 11 is 0. The van der Waals surface area contributed by atoms with E-state index in [0.717, 1.165) is 0 Å². The Morgan fingerprint density at radius 1 is 1.33 bits per heavy atom. The first kappa shape index (κ1) is 11.8. The van der Waals surface area contributed by atoms with Crippen LogP contribution in [0.5, 0.6) is 0 Å². The molecule has 0 aliphatic carbocycles. The van der Waals surface area contributed by atoms with Crippen molar-refractivity contribution in [2.45, 2.75) is 0 Å². The number of rotatable bonds is 2. The molecule has 0 aromatic carbocycles. The standard InChI is InChI=1S/C12H11N5O/c1-16(2)12(18)10-5-6-11(15-14-10)17-7-3-4-9(17)8-13/h3-7H,1-2H3. The molecular formula is C12H11N5O. The van der Waals surface area contributed by atoms with E-state index >= 15 is 0 Å². The normalized spacial score (nSPS) is 9.83. The Morgan fingerprint density at radius 3 is 2.67 bits per heavy atom. The monoisotopic (exact) mass is 241 g/mol. The summed E-state index contributed by atoms with van der Waals surface area (Å²) in [5.74, 6) is 0.300. The maximum Gasteiger partial charge on any atom is 0.273 e. The SMILES string of the molecule is CN(C)C(=O)c1ccc(-n2cccc2C#N)nn1. The number of nitriles is 1. The fourth-order valence-electron chi connectivity index (χ4n) is 1.47. The number of aromatic nitrogens is 3. The molecule has 2 heterocycles. The van der Waals surface area contributed by atoms with Crippen LogP contribution in [0.1, 0.15) is 16.2 Å². The highest BCUT2D eigenvalue weighted by atomic mass is 16.2. The van der Waals surface area contributed by atoms with Crippen LogP contribution in [0.25, 0.3) is 5.82 Å². The average Bonchev–Trinajstić information content (AvgIpc) is 2.86. The zero-order valence-electron chi connectivity index (χ0n) is 10.0. The largest absolute Gasteiger partial charge is 0.343 e. The van der Waals surface area contributed by atoms with Gasteiger partial charge in [0.05, 0.1) is 0 Å². The van der Waals surface area contributed by atoms with Crippen LogP contribution >= 0.6 is 0 Å². The van der Waals surface area contributed by atoms with Gasteiger partial charge in [-0.25, -0.2) is 0 Å². The zero-order valence-corrected chi connectivity index (χ0v) is 10.0. The lowest BCUT2D eigenvalue weighted by Gasteiger charge is -2.09. The minimum absolute atomic E-state index is 0.206. The molecule has 0 saturated carbocycles. The molecule has 1 amide bonds. The van der Waals surface area contributed by atoms with Crippen LogP contribution in [-0.2, 0) is 0 Å². The highest BCUT2D eigenvalue weighted by Gasteiger charge is 2.11. The summed E-state index contributed by atoms with van der Waals surface area (Å²) in [4.78, 5) is 13.1. The van der Waals surface area contributed by atoms with E-state index in [1.165, 1.54) is 4.90 Å². The first-order valence-electron chi connectivity index (χ1n) is 5.26. The van der Waals surface area contributed by atoms with Gasteiger partial charge in [0.2, 0.25) is 0 Å². The van der Waals surface area contributed by atoms with Crippen LogP contribution in [0.3, 0.4) is 0 Å². The average molecular weight is 241 g/mol. The Balaban J connectivity index is 2.34. The van der Waals surface area contributed by atoms with Crippen LogP contribution in [0.15, 0.2) is 30.5 Å². The van der Waals surface area contributed by atoms with Crippen molar-refractivity contribution in [2.75, 3.05) is 14.1 Å². The molecule has 0 radical (unpaired) electrons. The second kappa shape index (κ2) is 4.67. The Morgan fingerprint density at radius 2 is 2.11 bits per heavy atom. The van der Waals surface area contributed by atoms with Crippen molar-refractivity contribution in [3.63, 3.8) is 0 Å².